The smallest absolute Gasteiger partial charge is 0.230 e. The lowest BCUT2D eigenvalue weighted by Gasteiger charge is -2.04. The van der Waals surface area contributed by atoms with Gasteiger partial charge in [-0.25, -0.2) is 15.0 Å². The van der Waals surface area contributed by atoms with Crippen molar-refractivity contribution in [2.75, 3.05) is 10.6 Å². The van der Waals surface area contributed by atoms with Crippen molar-refractivity contribution in [1.82, 2.24) is 15.0 Å². The van der Waals surface area contributed by atoms with Gasteiger partial charge in [-0.2, -0.15) is 0 Å². The maximum Gasteiger partial charge on any atom is 0.230 e. The first kappa shape index (κ1) is 15.1. The Kier molecular flexibility index (Phi) is 4.58. The first-order valence-corrected chi connectivity index (χ1v) is 7.92. The van der Waals surface area contributed by atoms with E-state index in [2.05, 4.69) is 25.6 Å². The molecule has 0 saturated heterocycles. The molecule has 0 bridgehead atoms. The lowest BCUT2D eigenvalue weighted by molar-refractivity contribution is -0.115. The molecule has 116 valence electrons. The number of anilines is 3. The van der Waals surface area contributed by atoms with Gasteiger partial charge in [-0.1, -0.05) is 17.7 Å². The second-order valence-corrected chi connectivity index (χ2v) is 5.79. The van der Waals surface area contributed by atoms with Crippen LogP contribution in [0.25, 0.3) is 0 Å². The highest BCUT2D eigenvalue weighted by molar-refractivity contribution is 7.13. The number of thiazole rings is 1. The van der Waals surface area contributed by atoms with Crippen LogP contribution in [0.5, 0.6) is 0 Å². The van der Waals surface area contributed by atoms with Gasteiger partial charge in [0.2, 0.25) is 11.9 Å². The van der Waals surface area contributed by atoms with Gasteiger partial charge in [0.1, 0.15) is 0 Å². The Hall–Kier alpha value is -2.80. The number of aryl methyl sites for hydroxylation is 1. The monoisotopic (exact) mass is 325 g/mol. The fourth-order valence-electron chi connectivity index (χ4n) is 1.91. The van der Waals surface area contributed by atoms with Crippen LogP contribution in [-0.2, 0) is 11.2 Å². The summed E-state index contributed by atoms with van der Waals surface area (Å²) >= 11 is 1.41. The van der Waals surface area contributed by atoms with Crippen LogP contribution in [0.2, 0.25) is 0 Å². The molecular formula is C16H15N5OS. The second kappa shape index (κ2) is 6.97. The van der Waals surface area contributed by atoms with Crippen molar-refractivity contribution < 1.29 is 4.79 Å². The molecule has 0 atom stereocenters. The van der Waals surface area contributed by atoms with Crippen molar-refractivity contribution in [2.45, 2.75) is 13.3 Å². The van der Waals surface area contributed by atoms with E-state index in [0.717, 1.165) is 11.3 Å². The van der Waals surface area contributed by atoms with Gasteiger partial charge in [0, 0.05) is 23.5 Å². The molecule has 3 rings (SSSR count). The highest BCUT2D eigenvalue weighted by atomic mass is 32.1. The topological polar surface area (TPSA) is 79.8 Å². The van der Waals surface area contributed by atoms with Crippen molar-refractivity contribution in [3.8, 4) is 0 Å². The van der Waals surface area contributed by atoms with Crippen LogP contribution in [0, 0.1) is 6.92 Å². The SMILES string of the molecule is Cc1ccc(NC(=O)Cc2csc(Nc3ncccn3)n2)cc1. The minimum Gasteiger partial charge on any atom is -0.326 e. The van der Waals surface area contributed by atoms with Gasteiger partial charge in [-0.15, -0.1) is 11.3 Å². The summed E-state index contributed by atoms with van der Waals surface area (Å²) in [4.78, 5) is 24.6. The molecule has 2 heterocycles. The number of benzene rings is 1. The number of hydrogen-bond donors (Lipinski definition) is 2. The molecule has 6 nitrogen and oxygen atoms in total. The molecule has 0 aliphatic rings. The van der Waals surface area contributed by atoms with Crippen LogP contribution >= 0.6 is 11.3 Å². The van der Waals surface area contributed by atoms with E-state index in [1.807, 2.05) is 36.6 Å². The number of rotatable bonds is 5. The molecule has 0 spiro atoms. The van der Waals surface area contributed by atoms with Gasteiger partial charge in [0.25, 0.3) is 0 Å². The van der Waals surface area contributed by atoms with E-state index in [1.54, 1.807) is 18.5 Å². The summed E-state index contributed by atoms with van der Waals surface area (Å²) in [5.74, 6) is 0.388. The Morgan fingerprint density at radius 3 is 2.65 bits per heavy atom. The minimum atomic E-state index is -0.0957. The van der Waals surface area contributed by atoms with Crippen molar-refractivity contribution in [2.24, 2.45) is 0 Å². The van der Waals surface area contributed by atoms with Crippen molar-refractivity contribution in [3.05, 3.63) is 59.4 Å². The molecule has 0 aliphatic carbocycles. The molecule has 1 amide bonds. The van der Waals surface area contributed by atoms with Crippen molar-refractivity contribution >= 4 is 34.0 Å². The van der Waals surface area contributed by atoms with Gasteiger partial charge in [0.15, 0.2) is 5.13 Å². The molecule has 0 fully saturated rings. The van der Waals surface area contributed by atoms with E-state index < -0.39 is 0 Å². The maximum absolute atomic E-state index is 12.0. The normalized spacial score (nSPS) is 10.3. The zero-order valence-corrected chi connectivity index (χ0v) is 13.3. The molecule has 23 heavy (non-hydrogen) atoms. The highest BCUT2D eigenvalue weighted by Gasteiger charge is 2.09. The summed E-state index contributed by atoms with van der Waals surface area (Å²) in [7, 11) is 0. The third kappa shape index (κ3) is 4.33. The molecule has 7 heteroatoms. The molecule has 0 unspecified atom stereocenters. The largest absolute Gasteiger partial charge is 0.326 e. The summed E-state index contributed by atoms with van der Waals surface area (Å²) in [5, 5.41) is 8.37. The summed E-state index contributed by atoms with van der Waals surface area (Å²) in [6.07, 6.45) is 3.53. The van der Waals surface area contributed by atoms with Gasteiger partial charge < -0.3 is 10.6 Å². The maximum atomic E-state index is 12.0. The number of nitrogens with one attached hydrogen (secondary N) is 2. The lowest BCUT2D eigenvalue weighted by Crippen LogP contribution is -2.14. The fraction of sp³-hybridized carbons (Fsp3) is 0.125. The number of aromatic nitrogens is 3. The third-order valence-electron chi connectivity index (χ3n) is 3.01. The van der Waals surface area contributed by atoms with Crippen LogP contribution in [0.4, 0.5) is 16.8 Å². The lowest BCUT2D eigenvalue weighted by atomic mass is 10.2. The molecule has 2 N–H and O–H groups in total. The van der Waals surface area contributed by atoms with Crippen LogP contribution < -0.4 is 10.6 Å². The quantitative estimate of drug-likeness (QED) is 0.753. The predicted molar refractivity (Wildman–Crippen MR) is 90.9 cm³/mol. The predicted octanol–water partition coefficient (Wildman–Crippen LogP) is 3.17. The highest BCUT2D eigenvalue weighted by Crippen LogP contribution is 2.19. The summed E-state index contributed by atoms with van der Waals surface area (Å²) in [5.41, 5.74) is 2.64. The van der Waals surface area contributed by atoms with E-state index in [0.29, 0.717) is 16.8 Å². The molecule has 0 radical (unpaired) electrons. The van der Waals surface area contributed by atoms with E-state index >= 15 is 0 Å². The van der Waals surface area contributed by atoms with Crippen molar-refractivity contribution in [3.63, 3.8) is 0 Å². The zero-order valence-electron chi connectivity index (χ0n) is 12.5. The zero-order chi connectivity index (χ0) is 16.1. The van der Waals surface area contributed by atoms with E-state index in [1.165, 1.54) is 11.3 Å². The Bertz CT molecular complexity index is 786. The van der Waals surface area contributed by atoms with Crippen LogP contribution in [0.3, 0.4) is 0 Å². The van der Waals surface area contributed by atoms with E-state index in [-0.39, 0.29) is 12.3 Å². The number of nitrogens with zero attached hydrogens (tertiary/aromatic N) is 3. The van der Waals surface area contributed by atoms with E-state index in [4.69, 9.17) is 0 Å². The molecular weight excluding hydrogens is 310 g/mol. The molecule has 0 aliphatic heterocycles. The van der Waals surface area contributed by atoms with Crippen LogP contribution in [-0.4, -0.2) is 20.9 Å². The molecule has 1 aromatic carbocycles. The third-order valence-corrected chi connectivity index (χ3v) is 3.82. The summed E-state index contributed by atoms with van der Waals surface area (Å²) < 4.78 is 0. The summed E-state index contributed by atoms with van der Waals surface area (Å²) in [6.45, 7) is 2.01. The Labute approximate surface area is 137 Å². The minimum absolute atomic E-state index is 0.0957. The average molecular weight is 325 g/mol. The number of hydrogen-bond acceptors (Lipinski definition) is 6. The van der Waals surface area contributed by atoms with Crippen molar-refractivity contribution in [1.29, 1.82) is 0 Å². The Balaban J connectivity index is 1.58. The first-order valence-electron chi connectivity index (χ1n) is 7.04. The summed E-state index contributed by atoms with van der Waals surface area (Å²) in [6, 6.07) is 9.43. The van der Waals surface area contributed by atoms with Crippen LogP contribution in [0.15, 0.2) is 48.1 Å². The Morgan fingerprint density at radius 2 is 1.91 bits per heavy atom. The molecule has 3 aromatic rings. The number of carbonyl (C=O) groups is 1. The molecule has 2 aromatic heterocycles. The van der Waals surface area contributed by atoms with Gasteiger partial charge in [-0.3, -0.25) is 4.79 Å². The molecule has 0 saturated carbocycles. The van der Waals surface area contributed by atoms with Gasteiger partial charge in [-0.05, 0) is 25.1 Å². The average Bonchev–Trinajstić information content (AvgIpc) is 2.97. The van der Waals surface area contributed by atoms with Gasteiger partial charge >= 0.3 is 0 Å². The first-order chi connectivity index (χ1) is 11.2. The number of amides is 1. The fourth-order valence-corrected chi connectivity index (χ4v) is 2.62. The van der Waals surface area contributed by atoms with Crippen LogP contribution in [0.1, 0.15) is 11.3 Å². The number of carbonyl (C=O) groups excluding carboxylic acids is 1. The Morgan fingerprint density at radius 1 is 1.17 bits per heavy atom. The standard InChI is InChI=1S/C16H15N5OS/c1-11-3-5-12(6-4-11)19-14(22)9-13-10-23-16(20-13)21-15-17-7-2-8-18-15/h2-8,10H,9H2,1H3,(H,19,22)(H,17,18,20,21). The second-order valence-electron chi connectivity index (χ2n) is 4.93. The van der Waals surface area contributed by atoms with Gasteiger partial charge in [0.05, 0.1) is 12.1 Å². The van der Waals surface area contributed by atoms with E-state index in [9.17, 15) is 4.79 Å².